The molecule has 0 bridgehead atoms. The third kappa shape index (κ3) is 9.28. The number of benzene rings is 3. The second-order valence-electron chi connectivity index (χ2n) is 12.6. The van der Waals surface area contributed by atoms with E-state index in [4.69, 9.17) is 4.74 Å². The molecule has 5 rings (SSSR count). The van der Waals surface area contributed by atoms with Crippen LogP contribution in [0.2, 0.25) is 0 Å². The smallest absolute Gasteiger partial charge is 0.162 e. The normalized spacial score (nSPS) is 16.4. The van der Waals surface area contributed by atoms with Gasteiger partial charge >= 0.3 is 0 Å². The van der Waals surface area contributed by atoms with Crippen LogP contribution in [-0.2, 0) is 25.0 Å². The fourth-order valence-electron chi connectivity index (χ4n) is 5.89. The molecule has 2 heterocycles. The zero-order valence-electron chi connectivity index (χ0n) is 25.1. The highest BCUT2D eigenvalue weighted by Gasteiger charge is 2.22. The van der Waals surface area contributed by atoms with Gasteiger partial charge in [-0.1, -0.05) is 57.2 Å². The summed E-state index contributed by atoms with van der Waals surface area (Å²) in [4.78, 5) is 18.0. The predicted molar refractivity (Wildman–Crippen MR) is 174 cm³/mol. The van der Waals surface area contributed by atoms with E-state index in [1.165, 1.54) is 23.3 Å². The summed E-state index contributed by atoms with van der Waals surface area (Å²) in [6.07, 6.45) is 3.86. The minimum Gasteiger partial charge on any atom is -0.492 e. The van der Waals surface area contributed by atoms with Crippen LogP contribution >= 0.6 is 24.8 Å². The summed E-state index contributed by atoms with van der Waals surface area (Å²) in [7, 11) is 0. The molecular formula is C35H45Cl2FN2O2. The number of likely N-dealkylation sites (tertiary alicyclic amines) is 1. The molecule has 3 aromatic rings. The molecule has 0 saturated carbocycles. The number of Topliss-reactive ketones (excluding diaryl/α,β-unsaturated/α-hetero) is 1. The first-order chi connectivity index (χ1) is 19.2. The van der Waals surface area contributed by atoms with Crippen LogP contribution in [0.15, 0.2) is 66.7 Å². The molecule has 0 amide bonds. The van der Waals surface area contributed by atoms with Gasteiger partial charge in [0, 0.05) is 43.7 Å². The number of carbonyl (C=O) groups is 1. The zero-order chi connectivity index (χ0) is 28.1. The fourth-order valence-corrected chi connectivity index (χ4v) is 5.89. The van der Waals surface area contributed by atoms with Gasteiger partial charge in [0.2, 0.25) is 0 Å². The molecule has 3 aromatic carbocycles. The van der Waals surface area contributed by atoms with Crippen LogP contribution in [0.25, 0.3) is 0 Å². The number of halogens is 3. The molecule has 0 aromatic heterocycles. The van der Waals surface area contributed by atoms with Crippen LogP contribution in [0.3, 0.4) is 0 Å². The molecule has 1 saturated heterocycles. The third-order valence-electron chi connectivity index (χ3n) is 8.47. The van der Waals surface area contributed by atoms with Crippen molar-refractivity contribution >= 4 is 30.6 Å². The highest BCUT2D eigenvalue weighted by Crippen LogP contribution is 2.28. The van der Waals surface area contributed by atoms with Crippen LogP contribution in [0.1, 0.15) is 79.1 Å². The quantitative estimate of drug-likeness (QED) is 0.239. The van der Waals surface area contributed by atoms with E-state index in [1.54, 1.807) is 0 Å². The highest BCUT2D eigenvalue weighted by molar-refractivity contribution is 5.96. The first-order valence-corrected chi connectivity index (χ1v) is 14.8. The highest BCUT2D eigenvalue weighted by atomic mass is 35.5. The Morgan fingerprint density at radius 2 is 1.48 bits per heavy atom. The molecule has 0 spiro atoms. The zero-order valence-corrected chi connectivity index (χ0v) is 26.7. The number of rotatable bonds is 8. The van der Waals surface area contributed by atoms with Crippen LogP contribution in [0, 0.1) is 11.7 Å². The van der Waals surface area contributed by atoms with Gasteiger partial charge in [-0.15, -0.1) is 24.8 Å². The largest absolute Gasteiger partial charge is 0.492 e. The molecule has 1 fully saturated rings. The van der Waals surface area contributed by atoms with Crippen molar-refractivity contribution in [2.45, 2.75) is 71.5 Å². The van der Waals surface area contributed by atoms with Crippen molar-refractivity contribution in [1.29, 1.82) is 0 Å². The molecule has 2 aliphatic heterocycles. The first-order valence-electron chi connectivity index (χ1n) is 14.8. The van der Waals surface area contributed by atoms with Crippen molar-refractivity contribution in [3.05, 3.63) is 100 Å². The summed E-state index contributed by atoms with van der Waals surface area (Å²) in [5.74, 6) is 1.47. The van der Waals surface area contributed by atoms with E-state index >= 15 is 0 Å². The van der Waals surface area contributed by atoms with Crippen molar-refractivity contribution < 1.29 is 13.9 Å². The second-order valence-corrected chi connectivity index (χ2v) is 12.6. The lowest BCUT2D eigenvalue weighted by Gasteiger charge is -2.32. The maximum Gasteiger partial charge on any atom is 0.162 e. The van der Waals surface area contributed by atoms with Crippen molar-refractivity contribution in [2.24, 2.45) is 5.92 Å². The fraction of sp³-hybridized carbons (Fsp3) is 0.457. The van der Waals surface area contributed by atoms with E-state index in [2.05, 4.69) is 54.8 Å². The van der Waals surface area contributed by atoms with Gasteiger partial charge in [0.05, 0.1) is 0 Å². The number of ether oxygens (including phenoxy) is 1. The minimum atomic E-state index is -0.219. The molecule has 0 radical (unpaired) electrons. The molecule has 7 heteroatoms. The summed E-state index contributed by atoms with van der Waals surface area (Å²) in [5, 5.41) is 0. The van der Waals surface area contributed by atoms with E-state index in [-0.39, 0.29) is 41.8 Å². The van der Waals surface area contributed by atoms with E-state index in [0.717, 1.165) is 74.4 Å². The van der Waals surface area contributed by atoms with Crippen molar-refractivity contribution in [2.75, 3.05) is 26.2 Å². The van der Waals surface area contributed by atoms with Gasteiger partial charge in [0.25, 0.3) is 0 Å². The molecule has 0 unspecified atom stereocenters. The number of piperidine rings is 1. The molecular weight excluding hydrogens is 570 g/mol. The van der Waals surface area contributed by atoms with E-state index < -0.39 is 0 Å². The summed E-state index contributed by atoms with van der Waals surface area (Å²) in [5.41, 5.74) is 5.85. The van der Waals surface area contributed by atoms with Crippen molar-refractivity contribution in [1.82, 2.24) is 9.80 Å². The average Bonchev–Trinajstić information content (AvgIpc) is 3.14. The Hall–Kier alpha value is -2.44. The summed E-state index contributed by atoms with van der Waals surface area (Å²) in [6, 6.07) is 21.7. The Labute approximate surface area is 263 Å². The van der Waals surface area contributed by atoms with Gasteiger partial charge in [0.15, 0.2) is 5.78 Å². The lowest BCUT2D eigenvalue weighted by atomic mass is 9.86. The number of nitrogens with zero attached hydrogens (tertiary/aromatic N) is 2. The molecule has 0 atom stereocenters. The Morgan fingerprint density at radius 1 is 0.857 bits per heavy atom. The lowest BCUT2D eigenvalue weighted by Crippen LogP contribution is -2.33. The lowest BCUT2D eigenvalue weighted by molar-refractivity contribution is 0.0961. The van der Waals surface area contributed by atoms with E-state index in [1.807, 2.05) is 30.3 Å². The summed E-state index contributed by atoms with van der Waals surface area (Å²) >= 11 is 0. The monoisotopic (exact) mass is 614 g/mol. The first kappa shape index (κ1) is 34.1. The molecule has 42 heavy (non-hydrogen) atoms. The molecule has 0 aliphatic carbocycles. The molecule has 4 nitrogen and oxygen atoms in total. The van der Waals surface area contributed by atoms with Gasteiger partial charge in [0.1, 0.15) is 18.2 Å². The molecule has 2 aliphatic rings. The topological polar surface area (TPSA) is 32.8 Å². The SMILES string of the molecule is CC(C)(C)c1ccc(CN2CCC(CCC(=O)c3ccc4c(c3)CN(Cc3ccc(F)cc3)CCO4)CC2)cc1.Cl.Cl. The maximum absolute atomic E-state index is 13.3. The Balaban J connectivity index is 0.00000242. The number of ketones is 1. The van der Waals surface area contributed by atoms with Crippen LogP contribution in [0.5, 0.6) is 5.75 Å². The Bertz CT molecular complexity index is 1280. The van der Waals surface area contributed by atoms with Crippen LogP contribution < -0.4 is 4.74 Å². The van der Waals surface area contributed by atoms with Crippen molar-refractivity contribution in [3.8, 4) is 5.75 Å². The molecule has 0 N–H and O–H groups in total. The standard InChI is InChI=1S/C35H43FN2O2.2ClH/c1-35(2,3)31-10-4-27(5-11-31)23-37-18-16-26(17-19-37)8-14-33(39)29-9-15-34-30(22-29)25-38(20-21-40-34)24-28-6-12-32(36)13-7-28;;/h4-7,9-13,15,22,26H,8,14,16-21,23-25H2,1-3H3;2*1H. The predicted octanol–water partition coefficient (Wildman–Crippen LogP) is 8.24. The number of carbonyl (C=O) groups excluding carboxylic acids is 1. The van der Waals surface area contributed by atoms with Crippen LogP contribution in [-0.4, -0.2) is 41.8 Å². The number of hydrogen-bond donors (Lipinski definition) is 0. The summed E-state index contributed by atoms with van der Waals surface area (Å²) in [6.45, 7) is 12.8. The van der Waals surface area contributed by atoms with Gasteiger partial charge in [-0.25, -0.2) is 4.39 Å². The molecule has 228 valence electrons. The van der Waals surface area contributed by atoms with Crippen LogP contribution in [0.4, 0.5) is 4.39 Å². The average molecular weight is 616 g/mol. The van der Waals surface area contributed by atoms with Gasteiger partial charge < -0.3 is 4.74 Å². The van der Waals surface area contributed by atoms with Gasteiger partial charge in [-0.05, 0) is 90.7 Å². The summed E-state index contributed by atoms with van der Waals surface area (Å²) < 4.78 is 19.3. The number of hydrogen-bond acceptors (Lipinski definition) is 4. The van der Waals surface area contributed by atoms with Gasteiger partial charge in [-0.2, -0.15) is 0 Å². The van der Waals surface area contributed by atoms with Gasteiger partial charge in [-0.3, -0.25) is 14.6 Å². The Kier molecular flexibility index (Phi) is 12.4. The number of fused-ring (bicyclic) bond motifs is 1. The minimum absolute atomic E-state index is 0. The Morgan fingerprint density at radius 3 is 2.12 bits per heavy atom. The second kappa shape index (κ2) is 15.3. The maximum atomic E-state index is 13.3. The third-order valence-corrected chi connectivity index (χ3v) is 8.47. The van der Waals surface area contributed by atoms with Crippen molar-refractivity contribution in [3.63, 3.8) is 0 Å². The van der Waals surface area contributed by atoms with E-state index in [9.17, 15) is 9.18 Å². The van der Waals surface area contributed by atoms with E-state index in [0.29, 0.717) is 25.5 Å².